The van der Waals surface area contributed by atoms with E-state index in [2.05, 4.69) is 21.2 Å². The van der Waals surface area contributed by atoms with Crippen LogP contribution in [0.5, 0.6) is 0 Å². The Morgan fingerprint density at radius 1 is 1.30 bits per heavy atom. The van der Waals surface area contributed by atoms with Crippen molar-refractivity contribution < 1.29 is 9.53 Å². The number of rotatable bonds is 3. The predicted molar refractivity (Wildman–Crippen MR) is 86.0 cm³/mol. The van der Waals surface area contributed by atoms with E-state index in [0.717, 1.165) is 10.0 Å². The van der Waals surface area contributed by atoms with Crippen molar-refractivity contribution in [3.63, 3.8) is 0 Å². The molecular weight excluding hydrogens is 320 g/mol. The lowest BCUT2D eigenvalue weighted by Gasteiger charge is -2.23. The van der Waals surface area contributed by atoms with Crippen LogP contribution >= 0.6 is 15.9 Å². The van der Waals surface area contributed by atoms with Crippen LogP contribution in [0, 0.1) is 0 Å². The molecule has 5 heteroatoms. The van der Waals surface area contributed by atoms with Gasteiger partial charge in [0.2, 0.25) is 0 Å². The maximum atomic E-state index is 11.9. The largest absolute Gasteiger partial charge is 0.444 e. The number of anilines is 1. The number of ether oxygens (including phenoxy) is 1. The molecule has 0 bridgehead atoms. The molecule has 4 nitrogen and oxygen atoms in total. The highest BCUT2D eigenvalue weighted by Crippen LogP contribution is 2.25. The average molecular weight is 343 g/mol. The van der Waals surface area contributed by atoms with Gasteiger partial charge in [0.1, 0.15) is 5.60 Å². The van der Waals surface area contributed by atoms with E-state index in [0.29, 0.717) is 12.1 Å². The number of hydrogen-bond acceptors (Lipinski definition) is 3. The number of benzene rings is 1. The fourth-order valence-corrected chi connectivity index (χ4v) is 2.08. The zero-order valence-electron chi connectivity index (χ0n) is 12.7. The van der Waals surface area contributed by atoms with E-state index in [1.165, 1.54) is 0 Å². The summed E-state index contributed by atoms with van der Waals surface area (Å²) >= 11 is 3.40. The first-order chi connectivity index (χ1) is 8.96. The first-order valence-electron chi connectivity index (χ1n) is 6.54. The molecule has 1 aromatic rings. The summed E-state index contributed by atoms with van der Waals surface area (Å²) in [7, 11) is 0. The smallest absolute Gasteiger partial charge is 0.412 e. The maximum absolute atomic E-state index is 11.9. The summed E-state index contributed by atoms with van der Waals surface area (Å²) in [6.45, 7) is 9.39. The summed E-state index contributed by atoms with van der Waals surface area (Å²) < 4.78 is 6.16. The van der Waals surface area contributed by atoms with Gasteiger partial charge in [0, 0.05) is 15.7 Å². The summed E-state index contributed by atoms with van der Waals surface area (Å²) in [5.74, 6) is 0. The third kappa shape index (κ3) is 6.39. The average Bonchev–Trinajstić information content (AvgIpc) is 2.17. The molecule has 0 unspecified atom stereocenters. The SMILES string of the molecule is CC(C)(N)Cc1ccc(Br)cc1NC(=O)OC(C)(C)C. The minimum absolute atomic E-state index is 0.349. The molecule has 1 rings (SSSR count). The first kappa shape index (κ1) is 17.0. The quantitative estimate of drug-likeness (QED) is 0.869. The normalized spacial score (nSPS) is 12.2. The van der Waals surface area contributed by atoms with Gasteiger partial charge in [-0.25, -0.2) is 4.79 Å². The van der Waals surface area contributed by atoms with Gasteiger partial charge in [0.25, 0.3) is 0 Å². The molecule has 0 aliphatic carbocycles. The molecule has 1 aromatic carbocycles. The van der Waals surface area contributed by atoms with Gasteiger partial charge in [-0.1, -0.05) is 22.0 Å². The van der Waals surface area contributed by atoms with Gasteiger partial charge in [0.05, 0.1) is 0 Å². The Balaban J connectivity index is 2.93. The maximum Gasteiger partial charge on any atom is 0.412 e. The van der Waals surface area contributed by atoms with Crippen LogP contribution in [0.4, 0.5) is 10.5 Å². The lowest BCUT2D eigenvalue weighted by atomic mass is 9.95. The van der Waals surface area contributed by atoms with Crippen LogP contribution in [0.3, 0.4) is 0 Å². The van der Waals surface area contributed by atoms with Crippen molar-refractivity contribution in [2.45, 2.75) is 52.2 Å². The number of nitrogens with two attached hydrogens (primary N) is 1. The fourth-order valence-electron chi connectivity index (χ4n) is 1.72. The Kier molecular flexibility index (Phi) is 5.21. The molecule has 0 saturated heterocycles. The fraction of sp³-hybridized carbons (Fsp3) is 0.533. The van der Waals surface area contributed by atoms with Gasteiger partial charge in [-0.15, -0.1) is 0 Å². The third-order valence-electron chi connectivity index (χ3n) is 2.35. The minimum atomic E-state index is -0.524. The van der Waals surface area contributed by atoms with Crippen LogP contribution in [-0.4, -0.2) is 17.2 Å². The number of carbonyl (C=O) groups is 1. The highest BCUT2D eigenvalue weighted by molar-refractivity contribution is 9.10. The first-order valence-corrected chi connectivity index (χ1v) is 7.33. The Labute approximate surface area is 129 Å². The lowest BCUT2D eigenvalue weighted by Crippen LogP contribution is -2.35. The molecule has 3 N–H and O–H groups in total. The highest BCUT2D eigenvalue weighted by atomic mass is 79.9. The molecule has 0 saturated carbocycles. The van der Waals surface area contributed by atoms with E-state index in [4.69, 9.17) is 10.5 Å². The van der Waals surface area contributed by atoms with Gasteiger partial charge in [-0.3, -0.25) is 5.32 Å². The van der Waals surface area contributed by atoms with E-state index in [9.17, 15) is 4.79 Å². The van der Waals surface area contributed by atoms with E-state index >= 15 is 0 Å². The van der Waals surface area contributed by atoms with Gasteiger partial charge < -0.3 is 10.5 Å². The van der Waals surface area contributed by atoms with Crippen molar-refractivity contribution in [3.05, 3.63) is 28.2 Å². The molecule has 1 amide bonds. The highest BCUT2D eigenvalue weighted by Gasteiger charge is 2.19. The van der Waals surface area contributed by atoms with Crippen molar-refractivity contribution in [1.82, 2.24) is 0 Å². The number of hydrogen-bond donors (Lipinski definition) is 2. The predicted octanol–water partition coefficient (Wildman–Crippen LogP) is 4.08. The van der Waals surface area contributed by atoms with Crippen LogP contribution in [0.2, 0.25) is 0 Å². The second-order valence-corrected chi connectivity index (χ2v) is 7.51. The summed E-state index contributed by atoms with van der Waals surface area (Å²) in [4.78, 5) is 11.9. The van der Waals surface area contributed by atoms with Crippen molar-refractivity contribution in [1.29, 1.82) is 0 Å². The van der Waals surface area contributed by atoms with Gasteiger partial charge >= 0.3 is 6.09 Å². The Morgan fingerprint density at radius 3 is 2.40 bits per heavy atom. The molecule has 0 aliphatic rings. The molecule has 0 heterocycles. The lowest BCUT2D eigenvalue weighted by molar-refractivity contribution is 0.0635. The van der Waals surface area contributed by atoms with Crippen molar-refractivity contribution in [3.8, 4) is 0 Å². The third-order valence-corrected chi connectivity index (χ3v) is 2.85. The van der Waals surface area contributed by atoms with Crippen molar-refractivity contribution in [2.24, 2.45) is 5.73 Å². The zero-order valence-corrected chi connectivity index (χ0v) is 14.3. The standard InChI is InChI=1S/C15H23BrN2O2/c1-14(2,3)20-13(19)18-12-8-11(16)7-6-10(12)9-15(4,5)17/h6-8H,9,17H2,1-5H3,(H,18,19). The van der Waals surface area contributed by atoms with Crippen LogP contribution in [0.15, 0.2) is 22.7 Å². The summed E-state index contributed by atoms with van der Waals surface area (Å²) in [6.07, 6.45) is 0.192. The van der Waals surface area contributed by atoms with Gasteiger partial charge in [0.15, 0.2) is 0 Å². The molecule has 0 spiro atoms. The van der Waals surface area contributed by atoms with E-state index < -0.39 is 11.7 Å². The summed E-state index contributed by atoms with van der Waals surface area (Å²) in [6, 6.07) is 5.73. The van der Waals surface area contributed by atoms with Crippen LogP contribution in [0.25, 0.3) is 0 Å². The molecular formula is C15H23BrN2O2. The van der Waals surface area contributed by atoms with E-state index in [1.807, 2.05) is 52.8 Å². The molecule has 20 heavy (non-hydrogen) atoms. The van der Waals surface area contributed by atoms with Gasteiger partial charge in [-0.2, -0.15) is 0 Å². The number of amides is 1. The topological polar surface area (TPSA) is 64.3 Å². The second-order valence-electron chi connectivity index (χ2n) is 6.59. The van der Waals surface area contributed by atoms with Crippen molar-refractivity contribution >= 4 is 27.7 Å². The molecule has 0 atom stereocenters. The second kappa shape index (κ2) is 6.14. The number of nitrogens with one attached hydrogen (secondary N) is 1. The van der Waals surface area contributed by atoms with Gasteiger partial charge in [-0.05, 0) is 58.7 Å². The number of halogens is 1. The van der Waals surface area contributed by atoms with E-state index in [-0.39, 0.29) is 5.54 Å². The van der Waals surface area contributed by atoms with Crippen LogP contribution in [-0.2, 0) is 11.2 Å². The Bertz CT molecular complexity index is 488. The zero-order chi connectivity index (χ0) is 15.6. The Morgan fingerprint density at radius 2 is 1.90 bits per heavy atom. The van der Waals surface area contributed by atoms with Crippen LogP contribution < -0.4 is 11.1 Å². The minimum Gasteiger partial charge on any atom is -0.444 e. The van der Waals surface area contributed by atoms with E-state index in [1.54, 1.807) is 0 Å². The molecule has 0 aromatic heterocycles. The van der Waals surface area contributed by atoms with Crippen LogP contribution in [0.1, 0.15) is 40.2 Å². The van der Waals surface area contributed by atoms with Crippen molar-refractivity contribution in [2.75, 3.05) is 5.32 Å². The molecule has 0 fully saturated rings. The molecule has 112 valence electrons. The molecule has 0 radical (unpaired) electrons. The monoisotopic (exact) mass is 342 g/mol. The summed E-state index contributed by atoms with van der Waals surface area (Å²) in [5, 5.41) is 2.78. The number of carbonyl (C=O) groups excluding carboxylic acids is 1. The molecule has 0 aliphatic heterocycles. The summed E-state index contributed by atoms with van der Waals surface area (Å²) in [5.41, 5.74) is 6.87. The Hall–Kier alpha value is -1.07.